The zero-order chi connectivity index (χ0) is 15.6. The van der Waals surface area contributed by atoms with E-state index in [0.717, 1.165) is 6.07 Å². The fourth-order valence-corrected chi connectivity index (χ4v) is 2.18. The van der Waals surface area contributed by atoms with Crippen molar-refractivity contribution in [3.05, 3.63) is 33.3 Å². The van der Waals surface area contributed by atoms with E-state index in [1.165, 1.54) is 12.1 Å². The minimum absolute atomic E-state index is 0.00771. The highest BCUT2D eigenvalue weighted by molar-refractivity contribution is 6.32. The van der Waals surface area contributed by atoms with Gasteiger partial charge in [-0.1, -0.05) is 11.6 Å². The highest BCUT2D eigenvalue weighted by atomic mass is 35.5. The van der Waals surface area contributed by atoms with Gasteiger partial charge < -0.3 is 24.8 Å². The summed E-state index contributed by atoms with van der Waals surface area (Å²) in [5, 5.41) is 39.0. The summed E-state index contributed by atoms with van der Waals surface area (Å²) in [7, 11) is 0. The molecule has 0 spiro atoms. The average Bonchev–Trinajstić information content (AvgIpc) is 2.43. The highest BCUT2D eigenvalue weighted by Gasteiger charge is 2.37. The Bertz CT molecular complexity index is 526. The fraction of sp³-hybridized carbons (Fsp3) is 0.500. The Hall–Kier alpha value is -1.45. The Morgan fingerprint density at radius 1 is 1.43 bits per heavy atom. The van der Waals surface area contributed by atoms with Crippen LogP contribution in [0.1, 0.15) is 6.42 Å². The lowest BCUT2D eigenvalue weighted by atomic mass is 10.0. The topological polar surface area (TPSA) is 122 Å². The first-order chi connectivity index (χ1) is 9.92. The zero-order valence-electron chi connectivity index (χ0n) is 10.8. The molecule has 1 aromatic carbocycles. The van der Waals surface area contributed by atoms with Gasteiger partial charge in [-0.25, -0.2) is 0 Å². The molecule has 1 heterocycles. The SMILES string of the molecule is O=[N+]([O-])c1ccc(O[C@@H]2OC(CO)[C@@H](O)CC2O)c(Cl)c1. The normalized spacial score (nSPS) is 29.1. The molecule has 2 rings (SSSR count). The second-order valence-corrected chi connectivity index (χ2v) is 4.99. The van der Waals surface area contributed by atoms with Gasteiger partial charge in [0, 0.05) is 18.6 Å². The molecule has 2 unspecified atom stereocenters. The van der Waals surface area contributed by atoms with Crippen molar-refractivity contribution in [1.29, 1.82) is 0 Å². The van der Waals surface area contributed by atoms with E-state index in [1.807, 2.05) is 0 Å². The molecule has 0 saturated carbocycles. The van der Waals surface area contributed by atoms with Crippen LogP contribution in [0.5, 0.6) is 5.75 Å². The van der Waals surface area contributed by atoms with Crippen molar-refractivity contribution in [3.8, 4) is 5.75 Å². The first-order valence-electron chi connectivity index (χ1n) is 6.15. The fourth-order valence-electron chi connectivity index (χ4n) is 1.96. The van der Waals surface area contributed by atoms with Gasteiger partial charge in [0.05, 0.1) is 22.7 Å². The number of aliphatic hydroxyl groups excluding tert-OH is 3. The van der Waals surface area contributed by atoms with E-state index in [-0.39, 0.29) is 22.9 Å². The van der Waals surface area contributed by atoms with E-state index in [1.54, 1.807) is 0 Å². The van der Waals surface area contributed by atoms with Crippen molar-refractivity contribution in [2.75, 3.05) is 6.61 Å². The molecule has 1 aliphatic rings. The van der Waals surface area contributed by atoms with Crippen LogP contribution in [0.4, 0.5) is 5.69 Å². The molecule has 1 aromatic rings. The molecule has 1 fully saturated rings. The Labute approximate surface area is 124 Å². The van der Waals surface area contributed by atoms with Crippen molar-refractivity contribution in [2.45, 2.75) is 31.0 Å². The zero-order valence-corrected chi connectivity index (χ0v) is 11.5. The molecule has 0 aromatic heterocycles. The maximum Gasteiger partial charge on any atom is 0.271 e. The number of nitrogens with zero attached hydrogens (tertiary/aromatic N) is 1. The van der Waals surface area contributed by atoms with Gasteiger partial charge >= 0.3 is 0 Å². The summed E-state index contributed by atoms with van der Waals surface area (Å²) in [5.74, 6) is 0.0967. The summed E-state index contributed by atoms with van der Waals surface area (Å²) in [4.78, 5) is 10.0. The van der Waals surface area contributed by atoms with Crippen LogP contribution in [-0.4, -0.2) is 51.5 Å². The average molecular weight is 320 g/mol. The number of hydrogen-bond donors (Lipinski definition) is 3. The number of nitro benzene ring substituents is 1. The molecule has 4 atom stereocenters. The van der Waals surface area contributed by atoms with Gasteiger partial charge in [-0.2, -0.15) is 0 Å². The van der Waals surface area contributed by atoms with Crippen molar-refractivity contribution in [2.24, 2.45) is 0 Å². The predicted molar refractivity (Wildman–Crippen MR) is 71.1 cm³/mol. The van der Waals surface area contributed by atoms with Crippen LogP contribution in [0.2, 0.25) is 5.02 Å². The van der Waals surface area contributed by atoms with Gasteiger partial charge in [-0.05, 0) is 6.07 Å². The first kappa shape index (κ1) is 15.9. The Kier molecular flexibility index (Phi) is 4.96. The largest absolute Gasteiger partial charge is 0.461 e. The van der Waals surface area contributed by atoms with Crippen LogP contribution in [0.3, 0.4) is 0 Å². The molecule has 8 nitrogen and oxygen atoms in total. The van der Waals surface area contributed by atoms with Crippen LogP contribution in [0.15, 0.2) is 18.2 Å². The summed E-state index contributed by atoms with van der Waals surface area (Å²) in [6.07, 6.45) is -4.16. The number of halogens is 1. The third kappa shape index (κ3) is 3.60. The Balaban J connectivity index is 2.12. The lowest BCUT2D eigenvalue weighted by Crippen LogP contribution is -2.51. The van der Waals surface area contributed by atoms with E-state index in [2.05, 4.69) is 0 Å². The standard InChI is InChI=1S/C12H14ClNO7/c13-7-3-6(14(18)19)1-2-10(7)20-12-9(17)4-8(16)11(5-15)21-12/h1-3,8-9,11-12,15-17H,4-5H2/t8-,9?,11?,12+/m0/s1. The Morgan fingerprint density at radius 2 is 2.14 bits per heavy atom. The number of aliphatic hydroxyl groups is 3. The van der Waals surface area contributed by atoms with E-state index in [9.17, 15) is 20.3 Å². The van der Waals surface area contributed by atoms with Gasteiger partial charge in [-0.3, -0.25) is 10.1 Å². The van der Waals surface area contributed by atoms with Gasteiger partial charge in [-0.15, -0.1) is 0 Å². The van der Waals surface area contributed by atoms with Crippen molar-refractivity contribution < 1.29 is 29.7 Å². The summed E-state index contributed by atoms with van der Waals surface area (Å²) in [6, 6.07) is 3.61. The molecular weight excluding hydrogens is 306 g/mol. The highest BCUT2D eigenvalue weighted by Crippen LogP contribution is 2.31. The second kappa shape index (κ2) is 6.54. The van der Waals surface area contributed by atoms with E-state index >= 15 is 0 Å². The number of benzene rings is 1. The number of ether oxygens (including phenoxy) is 2. The minimum atomic E-state index is -1.13. The number of nitro groups is 1. The molecule has 1 saturated heterocycles. The lowest BCUT2D eigenvalue weighted by molar-refractivity contribution is -0.384. The van der Waals surface area contributed by atoms with Crippen LogP contribution in [-0.2, 0) is 4.74 Å². The van der Waals surface area contributed by atoms with Crippen molar-refractivity contribution in [3.63, 3.8) is 0 Å². The minimum Gasteiger partial charge on any atom is -0.461 e. The summed E-state index contributed by atoms with van der Waals surface area (Å²) < 4.78 is 10.6. The van der Waals surface area contributed by atoms with Crippen molar-refractivity contribution in [1.82, 2.24) is 0 Å². The van der Waals surface area contributed by atoms with E-state index in [0.29, 0.717) is 0 Å². The smallest absolute Gasteiger partial charge is 0.271 e. The summed E-state index contributed by atoms with van der Waals surface area (Å²) >= 11 is 5.87. The predicted octanol–water partition coefficient (Wildman–Crippen LogP) is 0.456. The lowest BCUT2D eigenvalue weighted by Gasteiger charge is -2.36. The molecule has 116 valence electrons. The second-order valence-electron chi connectivity index (χ2n) is 4.59. The molecule has 3 N–H and O–H groups in total. The first-order valence-corrected chi connectivity index (χ1v) is 6.53. The third-order valence-corrected chi connectivity index (χ3v) is 3.38. The monoisotopic (exact) mass is 319 g/mol. The summed E-state index contributed by atoms with van der Waals surface area (Å²) in [5.41, 5.74) is -0.193. The quantitative estimate of drug-likeness (QED) is 0.544. The molecule has 0 aliphatic carbocycles. The van der Waals surface area contributed by atoms with E-state index < -0.39 is 36.1 Å². The van der Waals surface area contributed by atoms with Gasteiger partial charge in [0.15, 0.2) is 0 Å². The van der Waals surface area contributed by atoms with Crippen LogP contribution >= 0.6 is 11.6 Å². The van der Waals surface area contributed by atoms with Crippen LogP contribution < -0.4 is 4.74 Å². The maximum absolute atomic E-state index is 10.6. The molecule has 0 bridgehead atoms. The molecular formula is C12H14ClNO7. The molecule has 0 amide bonds. The van der Waals surface area contributed by atoms with Gasteiger partial charge in [0.25, 0.3) is 5.69 Å². The molecule has 1 aliphatic heterocycles. The number of rotatable bonds is 4. The van der Waals surface area contributed by atoms with Crippen LogP contribution in [0, 0.1) is 10.1 Å². The van der Waals surface area contributed by atoms with E-state index in [4.69, 9.17) is 26.2 Å². The van der Waals surface area contributed by atoms with Crippen molar-refractivity contribution >= 4 is 17.3 Å². The van der Waals surface area contributed by atoms with Gasteiger partial charge in [0.1, 0.15) is 18.0 Å². The summed E-state index contributed by atoms with van der Waals surface area (Å²) in [6.45, 7) is -0.429. The molecule has 21 heavy (non-hydrogen) atoms. The maximum atomic E-state index is 10.6. The number of hydrogen-bond acceptors (Lipinski definition) is 7. The van der Waals surface area contributed by atoms with Gasteiger partial charge in [0.2, 0.25) is 6.29 Å². The van der Waals surface area contributed by atoms with Crippen LogP contribution in [0.25, 0.3) is 0 Å². The molecule has 9 heteroatoms. The Morgan fingerprint density at radius 3 is 2.71 bits per heavy atom. The third-order valence-electron chi connectivity index (χ3n) is 3.08. The molecule has 0 radical (unpaired) electrons. The number of non-ortho nitro benzene ring substituents is 1.